The second-order valence-corrected chi connectivity index (χ2v) is 11.0. The van der Waals surface area contributed by atoms with Crippen molar-refractivity contribution in [3.63, 3.8) is 0 Å². The lowest BCUT2D eigenvalue weighted by Crippen LogP contribution is -2.49. The molecule has 3 heterocycles. The van der Waals surface area contributed by atoms with Crippen LogP contribution >= 0.6 is 23.2 Å². The number of allylic oxidation sites excluding steroid dienone is 2. The molecule has 1 saturated heterocycles. The van der Waals surface area contributed by atoms with Crippen molar-refractivity contribution in [2.75, 3.05) is 32.8 Å². The van der Waals surface area contributed by atoms with Crippen molar-refractivity contribution >= 4 is 46.1 Å². The molecule has 2 aliphatic rings. The number of methoxy groups -OCH3 is 2. The zero-order chi connectivity index (χ0) is 31.5. The molecule has 1 aliphatic carbocycles. The molecule has 232 valence electrons. The summed E-state index contributed by atoms with van der Waals surface area (Å²) in [4.78, 5) is 35.3. The van der Waals surface area contributed by atoms with Gasteiger partial charge in [-0.1, -0.05) is 54.1 Å². The van der Waals surface area contributed by atoms with Gasteiger partial charge in [-0.25, -0.2) is 4.98 Å². The van der Waals surface area contributed by atoms with Crippen LogP contribution in [0.5, 0.6) is 11.5 Å². The van der Waals surface area contributed by atoms with Crippen molar-refractivity contribution in [3.05, 3.63) is 75.7 Å². The highest BCUT2D eigenvalue weighted by atomic mass is 35.5. The first kappa shape index (κ1) is 31.5. The molecule has 44 heavy (non-hydrogen) atoms. The molecule has 1 amide bonds. The molecule has 4 atom stereocenters. The summed E-state index contributed by atoms with van der Waals surface area (Å²) in [7, 11) is 2.84. The number of nitrogens with one attached hydrogen (secondary N) is 2. The van der Waals surface area contributed by atoms with E-state index in [-0.39, 0.29) is 75.3 Å². The summed E-state index contributed by atoms with van der Waals surface area (Å²) >= 11 is 13.3. The van der Waals surface area contributed by atoms with Crippen LogP contribution in [0, 0.1) is 5.92 Å². The van der Waals surface area contributed by atoms with Gasteiger partial charge in [0, 0.05) is 29.1 Å². The fourth-order valence-corrected chi connectivity index (χ4v) is 6.05. The Morgan fingerprint density at radius 1 is 1.23 bits per heavy atom. The Kier molecular flexibility index (Phi) is 9.56. The first-order chi connectivity index (χ1) is 21.2. The number of amides is 1. The highest BCUT2D eigenvalue weighted by Crippen LogP contribution is 2.45. The molecule has 2 unspecified atom stereocenters. The van der Waals surface area contributed by atoms with Crippen molar-refractivity contribution in [1.82, 2.24) is 19.9 Å². The van der Waals surface area contributed by atoms with Gasteiger partial charge in [0.05, 0.1) is 73.9 Å². The third kappa shape index (κ3) is 6.04. The zero-order valence-electron chi connectivity index (χ0n) is 23.9. The topological polar surface area (TPSA) is 157 Å². The maximum atomic E-state index is 14.0. The van der Waals surface area contributed by atoms with Crippen LogP contribution in [-0.2, 0) is 16.1 Å². The number of pyridine rings is 1. The van der Waals surface area contributed by atoms with Gasteiger partial charge < -0.3 is 35.1 Å². The minimum atomic E-state index is -1.28. The summed E-state index contributed by atoms with van der Waals surface area (Å²) in [6.07, 6.45) is 8.90. The molecule has 0 bridgehead atoms. The molecule has 0 spiro atoms. The molecular weight excluding hydrogens is 613 g/mol. The van der Waals surface area contributed by atoms with Crippen LogP contribution < -0.4 is 25.7 Å². The number of hydrogen-bond acceptors (Lipinski definition) is 10. The maximum Gasteiger partial charge on any atom is 0.260 e. The highest BCUT2D eigenvalue weighted by molar-refractivity contribution is 6.41. The van der Waals surface area contributed by atoms with Crippen LogP contribution in [-0.4, -0.2) is 82.4 Å². The first-order valence-corrected chi connectivity index (χ1v) is 14.4. The minimum absolute atomic E-state index is 0.0478. The van der Waals surface area contributed by atoms with Gasteiger partial charge in [0.1, 0.15) is 17.1 Å². The van der Waals surface area contributed by atoms with Crippen molar-refractivity contribution in [3.8, 4) is 22.6 Å². The van der Waals surface area contributed by atoms with Gasteiger partial charge in [-0.3, -0.25) is 14.2 Å². The van der Waals surface area contributed by atoms with E-state index >= 15 is 0 Å². The Morgan fingerprint density at radius 3 is 2.52 bits per heavy atom. The van der Waals surface area contributed by atoms with Crippen molar-refractivity contribution in [1.29, 1.82) is 0 Å². The number of ether oxygens (including phenoxy) is 3. The van der Waals surface area contributed by atoms with Crippen LogP contribution in [0.4, 0.5) is 5.95 Å². The van der Waals surface area contributed by atoms with E-state index in [2.05, 4.69) is 27.2 Å². The molecule has 12 nitrogen and oxygen atoms in total. The molecule has 0 radical (unpaired) electrons. The molecule has 5 rings (SSSR count). The van der Waals surface area contributed by atoms with E-state index < -0.39 is 30.4 Å². The predicted octanol–water partition coefficient (Wildman–Crippen LogP) is 2.73. The normalized spacial score (nSPS) is 20.2. The lowest BCUT2D eigenvalue weighted by atomic mass is 9.95. The minimum Gasteiger partial charge on any atom is -0.495 e. The fraction of sp³-hybridized carbons (Fsp3) is 0.333. The molecule has 14 heteroatoms. The van der Waals surface area contributed by atoms with Gasteiger partial charge in [-0.05, 0) is 12.1 Å². The van der Waals surface area contributed by atoms with Crippen LogP contribution in [0.2, 0.25) is 10.0 Å². The maximum absolute atomic E-state index is 14.0. The largest absolute Gasteiger partial charge is 0.495 e. The lowest BCUT2D eigenvalue weighted by Gasteiger charge is -2.27. The Hall–Kier alpha value is -3.94. The molecule has 4 N–H and O–H groups in total. The molecule has 1 fully saturated rings. The number of nitrogens with zero attached hydrogens (tertiary/aromatic N) is 3. The Balaban J connectivity index is 1.62. The number of carbonyl (C=O) groups is 1. The van der Waals surface area contributed by atoms with E-state index in [1.54, 1.807) is 0 Å². The van der Waals surface area contributed by atoms with E-state index in [9.17, 15) is 19.8 Å². The number of aliphatic hydroxyl groups is 2. The van der Waals surface area contributed by atoms with E-state index in [0.717, 1.165) is 0 Å². The molecular formula is C30H31Cl2N5O7. The van der Waals surface area contributed by atoms with Gasteiger partial charge in [-0.15, -0.1) is 0 Å². The van der Waals surface area contributed by atoms with Crippen LogP contribution in [0.1, 0.15) is 0 Å². The highest BCUT2D eigenvalue weighted by Gasteiger charge is 2.41. The molecule has 1 aromatic carbocycles. The second kappa shape index (κ2) is 13.4. The van der Waals surface area contributed by atoms with Crippen molar-refractivity contribution in [2.24, 2.45) is 5.92 Å². The number of fused-ring (bicyclic) bond motifs is 1. The average Bonchev–Trinajstić information content (AvgIpc) is 3.69. The Morgan fingerprint density at radius 2 is 1.91 bits per heavy atom. The number of benzene rings is 1. The molecule has 3 aromatic rings. The quantitative estimate of drug-likeness (QED) is 0.229. The molecule has 0 saturated carbocycles. The van der Waals surface area contributed by atoms with Crippen molar-refractivity contribution in [2.45, 2.75) is 30.8 Å². The Bertz CT molecular complexity index is 1670. The van der Waals surface area contributed by atoms with Gasteiger partial charge in [0.15, 0.2) is 0 Å². The fourth-order valence-electron chi connectivity index (χ4n) is 5.34. The van der Waals surface area contributed by atoms with Gasteiger partial charge >= 0.3 is 0 Å². The summed E-state index contributed by atoms with van der Waals surface area (Å²) in [5, 5.41) is 26.8. The van der Waals surface area contributed by atoms with Crippen LogP contribution in [0.3, 0.4) is 0 Å². The molecule has 1 aliphatic heterocycles. The second-order valence-electron chi connectivity index (χ2n) is 10.2. The first-order valence-electron chi connectivity index (χ1n) is 13.7. The zero-order valence-corrected chi connectivity index (χ0v) is 25.4. The predicted molar refractivity (Wildman–Crippen MR) is 166 cm³/mol. The smallest absolute Gasteiger partial charge is 0.260 e. The van der Waals surface area contributed by atoms with E-state index in [4.69, 9.17) is 37.4 Å². The SMILES string of the molecule is C=CC(=O)N[C@H]1COC(C2C=CC=C2)[C@H]1Nc1ncc2cc(-c3c(Cl)c(OC)cc(OC)c3Cl)c(=O)n(CC(O)CO)c2n1. The number of halogens is 2. The summed E-state index contributed by atoms with van der Waals surface area (Å²) in [5.41, 5.74) is -0.174. The van der Waals surface area contributed by atoms with E-state index in [1.165, 1.54) is 43.2 Å². The van der Waals surface area contributed by atoms with Crippen LogP contribution in [0.15, 0.2) is 60.1 Å². The average molecular weight is 645 g/mol. The number of hydrogen-bond donors (Lipinski definition) is 4. The monoisotopic (exact) mass is 643 g/mol. The van der Waals surface area contributed by atoms with Gasteiger partial charge in [0.2, 0.25) is 11.9 Å². The standard InChI is InChI=1S/C30H31Cl2N5O7/c1-4-22(40)34-19-14-44-27(15-7-5-6-8-15)26(19)35-30-33-11-16-9-18(29(41)37(28(16)36-30)12-17(39)13-38)23-24(31)20(42-2)10-21(43-3)25(23)32/h4-11,15,17,19,26-27,38-39H,1,12-14H2,2-3H3,(H,34,40)(H,33,35,36)/t17?,19-,26-,27?/m0/s1. The third-order valence-electron chi connectivity index (χ3n) is 7.50. The summed E-state index contributed by atoms with van der Waals surface area (Å²) in [6.45, 7) is 2.88. The van der Waals surface area contributed by atoms with E-state index in [0.29, 0.717) is 5.39 Å². The summed E-state index contributed by atoms with van der Waals surface area (Å²) in [5.74, 6) is 0.222. The third-order valence-corrected chi connectivity index (χ3v) is 8.25. The lowest BCUT2D eigenvalue weighted by molar-refractivity contribution is -0.117. The number of carbonyl (C=O) groups excluding carboxylic acids is 1. The van der Waals surface area contributed by atoms with Crippen molar-refractivity contribution < 1.29 is 29.2 Å². The van der Waals surface area contributed by atoms with Gasteiger partial charge in [-0.2, -0.15) is 4.98 Å². The number of aliphatic hydroxyl groups excluding tert-OH is 2. The Labute approximate surface area is 262 Å². The number of anilines is 1. The van der Waals surface area contributed by atoms with E-state index in [1.807, 2.05) is 24.3 Å². The number of aromatic nitrogens is 3. The summed E-state index contributed by atoms with van der Waals surface area (Å²) < 4.78 is 18.0. The summed E-state index contributed by atoms with van der Waals surface area (Å²) in [6, 6.07) is 2.17. The number of rotatable bonds is 11. The molecule has 2 aromatic heterocycles. The van der Waals surface area contributed by atoms with Crippen LogP contribution in [0.25, 0.3) is 22.2 Å². The van der Waals surface area contributed by atoms with Gasteiger partial charge in [0.25, 0.3) is 5.56 Å².